The van der Waals surface area contributed by atoms with Crippen molar-refractivity contribution in [1.29, 1.82) is 0 Å². The van der Waals surface area contributed by atoms with Gasteiger partial charge in [-0.15, -0.1) is 0 Å². The number of rotatable bonds is 5. The second kappa shape index (κ2) is 5.45. The van der Waals surface area contributed by atoms with Gasteiger partial charge in [0.1, 0.15) is 12.7 Å². The molecular weight excluding hydrogens is 252 g/mol. The number of hydrogen-bond acceptors (Lipinski definition) is 3. The second-order valence-corrected chi connectivity index (χ2v) is 5.45. The molecule has 20 heavy (non-hydrogen) atoms. The molecule has 1 aliphatic rings. The van der Waals surface area contributed by atoms with Crippen LogP contribution in [0.5, 0.6) is 0 Å². The minimum absolute atomic E-state index is 0.184. The molecule has 0 aliphatic heterocycles. The van der Waals surface area contributed by atoms with Crippen LogP contribution in [0.3, 0.4) is 0 Å². The summed E-state index contributed by atoms with van der Waals surface area (Å²) < 4.78 is 1.78. The van der Waals surface area contributed by atoms with E-state index >= 15 is 0 Å². The van der Waals surface area contributed by atoms with Gasteiger partial charge in [0.15, 0.2) is 0 Å². The van der Waals surface area contributed by atoms with Crippen LogP contribution in [0.2, 0.25) is 0 Å². The van der Waals surface area contributed by atoms with Gasteiger partial charge in [-0.1, -0.05) is 31.2 Å². The summed E-state index contributed by atoms with van der Waals surface area (Å²) in [5.74, 6) is 0.978. The average Bonchev–Trinajstić information content (AvgIpc) is 2.98. The van der Waals surface area contributed by atoms with E-state index < -0.39 is 0 Å². The summed E-state index contributed by atoms with van der Waals surface area (Å²) >= 11 is 0. The van der Waals surface area contributed by atoms with Crippen LogP contribution in [-0.2, 0) is 17.9 Å². The summed E-state index contributed by atoms with van der Waals surface area (Å²) in [6, 6.07) is 8.21. The molecular formula is C15H18N4O. The maximum Gasteiger partial charge on any atom is 0.223 e. The topological polar surface area (TPSA) is 59.8 Å². The maximum atomic E-state index is 11.7. The molecule has 104 valence electrons. The molecule has 1 aliphatic carbocycles. The molecule has 1 fully saturated rings. The van der Waals surface area contributed by atoms with Gasteiger partial charge in [0, 0.05) is 12.5 Å². The van der Waals surface area contributed by atoms with E-state index in [1.165, 1.54) is 11.9 Å². The fraction of sp³-hybridized carbons (Fsp3) is 0.400. The zero-order valence-corrected chi connectivity index (χ0v) is 11.5. The SMILES string of the molecule is CC1CC1C(=O)NCc1ccc(Cn2cncn2)cc1. The van der Waals surface area contributed by atoms with Crippen molar-refractivity contribution in [3.05, 3.63) is 48.0 Å². The van der Waals surface area contributed by atoms with E-state index in [0.29, 0.717) is 19.0 Å². The van der Waals surface area contributed by atoms with Crippen LogP contribution in [-0.4, -0.2) is 20.7 Å². The summed E-state index contributed by atoms with van der Waals surface area (Å²) in [6.07, 6.45) is 4.26. The Labute approximate surface area is 118 Å². The van der Waals surface area contributed by atoms with E-state index in [1.807, 2.05) is 12.1 Å². The van der Waals surface area contributed by atoms with E-state index in [2.05, 4.69) is 34.5 Å². The number of carbonyl (C=O) groups is 1. The Morgan fingerprint density at radius 1 is 1.35 bits per heavy atom. The molecule has 0 radical (unpaired) electrons. The van der Waals surface area contributed by atoms with E-state index in [4.69, 9.17) is 0 Å². The van der Waals surface area contributed by atoms with Gasteiger partial charge in [0.05, 0.1) is 6.54 Å². The highest BCUT2D eigenvalue weighted by Gasteiger charge is 2.38. The highest BCUT2D eigenvalue weighted by Crippen LogP contribution is 2.37. The van der Waals surface area contributed by atoms with Gasteiger partial charge in [-0.2, -0.15) is 5.10 Å². The van der Waals surface area contributed by atoms with Gasteiger partial charge < -0.3 is 5.32 Å². The first-order chi connectivity index (χ1) is 9.72. The first kappa shape index (κ1) is 12.8. The van der Waals surface area contributed by atoms with Crippen molar-refractivity contribution < 1.29 is 4.79 Å². The standard InChI is InChI=1S/C15H18N4O/c1-11-6-14(11)15(20)17-7-12-2-4-13(5-3-12)8-19-10-16-9-18-19/h2-5,9-11,14H,6-8H2,1H3,(H,17,20). The first-order valence-electron chi connectivity index (χ1n) is 6.90. The third-order valence-corrected chi connectivity index (χ3v) is 3.75. The van der Waals surface area contributed by atoms with Crippen LogP contribution in [0.1, 0.15) is 24.5 Å². The van der Waals surface area contributed by atoms with Gasteiger partial charge in [0.2, 0.25) is 5.91 Å². The summed E-state index contributed by atoms with van der Waals surface area (Å²) in [5.41, 5.74) is 2.29. The molecule has 1 saturated carbocycles. The zero-order valence-electron chi connectivity index (χ0n) is 11.5. The molecule has 5 heteroatoms. The third-order valence-electron chi connectivity index (χ3n) is 3.75. The molecule has 2 unspecified atom stereocenters. The predicted molar refractivity (Wildman–Crippen MR) is 74.7 cm³/mol. The molecule has 1 heterocycles. The van der Waals surface area contributed by atoms with Gasteiger partial charge in [-0.05, 0) is 23.5 Å². The molecule has 1 aromatic carbocycles. The largest absolute Gasteiger partial charge is 0.352 e. The van der Waals surface area contributed by atoms with Crippen molar-refractivity contribution in [3.63, 3.8) is 0 Å². The smallest absolute Gasteiger partial charge is 0.223 e. The molecule has 0 spiro atoms. The highest BCUT2D eigenvalue weighted by atomic mass is 16.2. The Bertz CT molecular complexity index is 576. The first-order valence-corrected chi connectivity index (χ1v) is 6.90. The van der Waals surface area contributed by atoms with Crippen molar-refractivity contribution in [3.8, 4) is 0 Å². The lowest BCUT2D eigenvalue weighted by molar-refractivity contribution is -0.122. The van der Waals surface area contributed by atoms with Gasteiger partial charge in [-0.3, -0.25) is 4.79 Å². The molecule has 1 N–H and O–H groups in total. The molecule has 0 saturated heterocycles. The van der Waals surface area contributed by atoms with Gasteiger partial charge in [-0.25, -0.2) is 9.67 Å². The fourth-order valence-electron chi connectivity index (χ4n) is 2.27. The van der Waals surface area contributed by atoms with Crippen LogP contribution >= 0.6 is 0 Å². The van der Waals surface area contributed by atoms with Crippen molar-refractivity contribution >= 4 is 5.91 Å². The lowest BCUT2D eigenvalue weighted by Gasteiger charge is -2.06. The third kappa shape index (κ3) is 3.04. The molecule has 5 nitrogen and oxygen atoms in total. The normalized spacial score (nSPS) is 20.6. The fourth-order valence-corrected chi connectivity index (χ4v) is 2.27. The Kier molecular flexibility index (Phi) is 3.50. The van der Waals surface area contributed by atoms with Crippen molar-refractivity contribution in [2.45, 2.75) is 26.4 Å². The number of nitrogens with one attached hydrogen (secondary N) is 1. The van der Waals surface area contributed by atoms with E-state index in [0.717, 1.165) is 12.0 Å². The number of carbonyl (C=O) groups excluding carboxylic acids is 1. The van der Waals surface area contributed by atoms with Crippen LogP contribution in [0.15, 0.2) is 36.9 Å². The monoisotopic (exact) mass is 270 g/mol. The molecule has 2 aromatic rings. The Morgan fingerprint density at radius 3 is 2.65 bits per heavy atom. The molecule has 2 atom stereocenters. The Balaban J connectivity index is 1.52. The molecule has 3 rings (SSSR count). The van der Waals surface area contributed by atoms with E-state index in [9.17, 15) is 4.79 Å². The molecule has 1 aromatic heterocycles. The summed E-state index contributed by atoms with van der Waals surface area (Å²) in [7, 11) is 0. The van der Waals surface area contributed by atoms with Crippen LogP contribution in [0, 0.1) is 11.8 Å². The maximum absolute atomic E-state index is 11.7. The highest BCUT2D eigenvalue weighted by molar-refractivity contribution is 5.81. The Morgan fingerprint density at radius 2 is 2.05 bits per heavy atom. The minimum Gasteiger partial charge on any atom is -0.352 e. The molecule has 0 bridgehead atoms. The number of benzene rings is 1. The lowest BCUT2D eigenvalue weighted by Crippen LogP contribution is -2.24. The summed E-state index contributed by atoms with van der Waals surface area (Å²) in [4.78, 5) is 15.7. The number of amides is 1. The van der Waals surface area contributed by atoms with Gasteiger partial charge in [0.25, 0.3) is 0 Å². The van der Waals surface area contributed by atoms with E-state index in [1.54, 1.807) is 11.0 Å². The summed E-state index contributed by atoms with van der Waals surface area (Å²) in [6.45, 7) is 3.43. The quantitative estimate of drug-likeness (QED) is 0.897. The minimum atomic E-state index is 0.184. The number of hydrogen-bond donors (Lipinski definition) is 1. The predicted octanol–water partition coefficient (Wildman–Crippen LogP) is 1.60. The summed E-state index contributed by atoms with van der Waals surface area (Å²) in [5, 5.41) is 7.07. The van der Waals surface area contributed by atoms with Crippen LogP contribution in [0.4, 0.5) is 0 Å². The number of nitrogens with zero attached hydrogens (tertiary/aromatic N) is 3. The van der Waals surface area contributed by atoms with Crippen LogP contribution in [0.25, 0.3) is 0 Å². The van der Waals surface area contributed by atoms with Crippen molar-refractivity contribution in [2.24, 2.45) is 11.8 Å². The van der Waals surface area contributed by atoms with Crippen LogP contribution < -0.4 is 5.32 Å². The number of aromatic nitrogens is 3. The zero-order chi connectivity index (χ0) is 13.9. The second-order valence-electron chi connectivity index (χ2n) is 5.45. The van der Waals surface area contributed by atoms with E-state index in [-0.39, 0.29) is 11.8 Å². The van der Waals surface area contributed by atoms with Gasteiger partial charge >= 0.3 is 0 Å². The lowest BCUT2D eigenvalue weighted by atomic mass is 10.1. The Hall–Kier alpha value is -2.17. The molecule has 1 amide bonds. The van der Waals surface area contributed by atoms with Crippen molar-refractivity contribution in [2.75, 3.05) is 0 Å². The van der Waals surface area contributed by atoms with Crippen molar-refractivity contribution in [1.82, 2.24) is 20.1 Å². The average molecular weight is 270 g/mol.